The van der Waals surface area contributed by atoms with Crippen LogP contribution in [0.4, 0.5) is 0 Å². The molecule has 0 spiro atoms. The Morgan fingerprint density at radius 1 is 1.24 bits per heavy atom. The van der Waals surface area contributed by atoms with Crippen LogP contribution in [0.25, 0.3) is 0 Å². The average molecular weight is 289 g/mol. The molecule has 1 unspecified atom stereocenters. The highest BCUT2D eigenvalue weighted by Crippen LogP contribution is 2.29. The number of methoxy groups -OCH3 is 1. The first-order valence-corrected chi connectivity index (χ1v) is 7.30. The fourth-order valence-corrected chi connectivity index (χ4v) is 3.03. The van der Waals surface area contributed by atoms with Crippen LogP contribution in [0.2, 0.25) is 0 Å². The van der Waals surface area contributed by atoms with Crippen LogP contribution >= 0.6 is 0 Å². The lowest BCUT2D eigenvalue weighted by Gasteiger charge is -2.32. The molecule has 2 aliphatic rings. The third kappa shape index (κ3) is 2.73. The van der Waals surface area contributed by atoms with Gasteiger partial charge in [0.15, 0.2) is 6.10 Å². The zero-order valence-corrected chi connectivity index (χ0v) is 12.1. The van der Waals surface area contributed by atoms with E-state index in [0.29, 0.717) is 32.4 Å². The SMILES string of the molecule is COC(=O)C1CCN(C(=O)C2Cc3ccccc3O2)CC1. The Balaban J connectivity index is 1.57. The van der Waals surface area contributed by atoms with Crippen LogP contribution in [0.5, 0.6) is 5.75 Å². The van der Waals surface area contributed by atoms with E-state index in [0.717, 1.165) is 11.3 Å². The summed E-state index contributed by atoms with van der Waals surface area (Å²) in [5, 5.41) is 0. The molecule has 2 aliphatic heterocycles. The molecule has 1 amide bonds. The topological polar surface area (TPSA) is 55.8 Å². The number of nitrogens with zero attached hydrogens (tertiary/aromatic N) is 1. The van der Waals surface area contributed by atoms with Gasteiger partial charge in [-0.2, -0.15) is 0 Å². The maximum atomic E-state index is 12.5. The van der Waals surface area contributed by atoms with Crippen molar-refractivity contribution in [2.75, 3.05) is 20.2 Å². The molecular formula is C16H19NO4. The normalized spacial score (nSPS) is 21.6. The number of piperidine rings is 1. The van der Waals surface area contributed by atoms with Crippen LogP contribution < -0.4 is 4.74 Å². The van der Waals surface area contributed by atoms with Gasteiger partial charge in [-0.25, -0.2) is 0 Å². The molecule has 1 saturated heterocycles. The number of carbonyl (C=O) groups excluding carboxylic acids is 2. The highest BCUT2D eigenvalue weighted by molar-refractivity contribution is 5.83. The number of para-hydroxylation sites is 1. The summed E-state index contributed by atoms with van der Waals surface area (Å²) in [5.41, 5.74) is 1.08. The van der Waals surface area contributed by atoms with Gasteiger partial charge in [0.05, 0.1) is 13.0 Å². The molecule has 0 saturated carbocycles. The van der Waals surface area contributed by atoms with E-state index < -0.39 is 6.10 Å². The molecule has 3 rings (SSSR count). The lowest BCUT2D eigenvalue weighted by Crippen LogP contribution is -2.46. The largest absolute Gasteiger partial charge is 0.480 e. The van der Waals surface area contributed by atoms with Gasteiger partial charge in [0.1, 0.15) is 5.75 Å². The van der Waals surface area contributed by atoms with Crippen molar-refractivity contribution >= 4 is 11.9 Å². The monoisotopic (exact) mass is 289 g/mol. The second kappa shape index (κ2) is 5.76. The van der Waals surface area contributed by atoms with E-state index in [1.165, 1.54) is 7.11 Å². The smallest absolute Gasteiger partial charge is 0.308 e. The van der Waals surface area contributed by atoms with E-state index in [2.05, 4.69) is 0 Å². The predicted molar refractivity (Wildman–Crippen MR) is 75.9 cm³/mol. The summed E-state index contributed by atoms with van der Waals surface area (Å²) in [4.78, 5) is 25.8. The second-order valence-electron chi connectivity index (χ2n) is 5.54. The molecule has 1 atom stereocenters. The third-order valence-electron chi connectivity index (χ3n) is 4.26. The first-order chi connectivity index (χ1) is 10.2. The Morgan fingerprint density at radius 2 is 1.95 bits per heavy atom. The van der Waals surface area contributed by atoms with Crippen LogP contribution in [0.1, 0.15) is 18.4 Å². The maximum absolute atomic E-state index is 12.5. The van der Waals surface area contributed by atoms with Crippen LogP contribution in [-0.2, 0) is 20.7 Å². The van der Waals surface area contributed by atoms with Crippen molar-refractivity contribution in [1.29, 1.82) is 0 Å². The molecule has 1 fully saturated rings. The van der Waals surface area contributed by atoms with Crippen LogP contribution in [0.15, 0.2) is 24.3 Å². The van der Waals surface area contributed by atoms with Crippen LogP contribution in [0, 0.1) is 5.92 Å². The van der Waals surface area contributed by atoms with E-state index >= 15 is 0 Å². The molecule has 5 nitrogen and oxygen atoms in total. The van der Waals surface area contributed by atoms with E-state index in [1.54, 1.807) is 4.90 Å². The van der Waals surface area contributed by atoms with Gasteiger partial charge in [0, 0.05) is 19.5 Å². The number of esters is 1. The lowest BCUT2D eigenvalue weighted by molar-refractivity contribution is -0.150. The van der Waals surface area contributed by atoms with Gasteiger partial charge in [-0.1, -0.05) is 18.2 Å². The van der Waals surface area contributed by atoms with E-state index in [9.17, 15) is 9.59 Å². The summed E-state index contributed by atoms with van der Waals surface area (Å²) in [7, 11) is 1.41. The molecule has 0 bridgehead atoms. The predicted octanol–water partition coefficient (Wildman–Crippen LogP) is 1.40. The molecule has 5 heteroatoms. The van der Waals surface area contributed by atoms with Crippen molar-refractivity contribution in [2.45, 2.75) is 25.4 Å². The molecular weight excluding hydrogens is 270 g/mol. The van der Waals surface area contributed by atoms with Crippen molar-refractivity contribution < 1.29 is 19.1 Å². The Hall–Kier alpha value is -2.04. The van der Waals surface area contributed by atoms with Gasteiger partial charge in [0.25, 0.3) is 5.91 Å². The molecule has 2 heterocycles. The van der Waals surface area contributed by atoms with Gasteiger partial charge in [-0.15, -0.1) is 0 Å². The number of benzene rings is 1. The Kier molecular flexibility index (Phi) is 3.82. The first kappa shape index (κ1) is 13.9. The maximum Gasteiger partial charge on any atom is 0.308 e. The van der Waals surface area contributed by atoms with Gasteiger partial charge < -0.3 is 14.4 Å². The highest BCUT2D eigenvalue weighted by Gasteiger charge is 2.35. The standard InChI is InChI=1S/C16H19NO4/c1-20-16(19)11-6-8-17(9-7-11)15(18)14-10-12-4-2-3-5-13(12)21-14/h2-5,11,14H,6-10H2,1H3. The Bertz CT molecular complexity index is 524. The molecule has 1 aromatic rings. The molecule has 112 valence electrons. The van der Waals surface area contributed by atoms with E-state index in [4.69, 9.17) is 9.47 Å². The number of amides is 1. The summed E-state index contributed by atoms with van der Waals surface area (Å²) >= 11 is 0. The number of ether oxygens (including phenoxy) is 2. The zero-order chi connectivity index (χ0) is 14.8. The Labute approximate surface area is 123 Å². The van der Waals surface area contributed by atoms with Crippen molar-refractivity contribution in [2.24, 2.45) is 5.92 Å². The number of hydrogen-bond donors (Lipinski definition) is 0. The molecule has 0 radical (unpaired) electrons. The molecule has 0 N–H and O–H groups in total. The summed E-state index contributed by atoms with van der Waals surface area (Å²) in [6.07, 6.45) is 1.54. The number of carbonyl (C=O) groups is 2. The lowest BCUT2D eigenvalue weighted by atomic mass is 9.96. The summed E-state index contributed by atoms with van der Waals surface area (Å²) < 4.78 is 10.5. The Morgan fingerprint density at radius 3 is 2.62 bits per heavy atom. The summed E-state index contributed by atoms with van der Waals surface area (Å²) in [5.74, 6) is 0.571. The van der Waals surface area contributed by atoms with Crippen molar-refractivity contribution in [3.63, 3.8) is 0 Å². The fourth-order valence-electron chi connectivity index (χ4n) is 3.03. The highest BCUT2D eigenvalue weighted by atomic mass is 16.5. The zero-order valence-electron chi connectivity index (χ0n) is 12.1. The molecule has 0 aromatic heterocycles. The van der Waals surface area contributed by atoms with Gasteiger partial charge in [-0.3, -0.25) is 9.59 Å². The minimum atomic E-state index is -0.419. The third-order valence-corrected chi connectivity index (χ3v) is 4.26. The summed E-state index contributed by atoms with van der Waals surface area (Å²) in [6, 6.07) is 7.75. The summed E-state index contributed by atoms with van der Waals surface area (Å²) in [6.45, 7) is 1.18. The second-order valence-corrected chi connectivity index (χ2v) is 5.54. The molecule has 0 aliphatic carbocycles. The van der Waals surface area contributed by atoms with Crippen molar-refractivity contribution in [3.8, 4) is 5.75 Å². The van der Waals surface area contributed by atoms with E-state index in [1.807, 2.05) is 24.3 Å². The van der Waals surface area contributed by atoms with Crippen molar-refractivity contribution in [1.82, 2.24) is 4.90 Å². The molecule has 1 aromatic carbocycles. The number of likely N-dealkylation sites (tertiary alicyclic amines) is 1. The minimum Gasteiger partial charge on any atom is -0.480 e. The molecule has 21 heavy (non-hydrogen) atoms. The van der Waals surface area contributed by atoms with Crippen LogP contribution in [0.3, 0.4) is 0 Å². The van der Waals surface area contributed by atoms with Gasteiger partial charge in [0.2, 0.25) is 0 Å². The first-order valence-electron chi connectivity index (χ1n) is 7.30. The fraction of sp³-hybridized carbons (Fsp3) is 0.500. The number of hydrogen-bond acceptors (Lipinski definition) is 4. The quantitative estimate of drug-likeness (QED) is 0.772. The average Bonchev–Trinajstić information content (AvgIpc) is 2.97. The number of fused-ring (bicyclic) bond motifs is 1. The number of rotatable bonds is 2. The minimum absolute atomic E-state index is 0.0227. The van der Waals surface area contributed by atoms with Crippen molar-refractivity contribution in [3.05, 3.63) is 29.8 Å². The van der Waals surface area contributed by atoms with Crippen LogP contribution in [-0.4, -0.2) is 43.1 Å². The van der Waals surface area contributed by atoms with Gasteiger partial charge >= 0.3 is 5.97 Å². The van der Waals surface area contributed by atoms with Gasteiger partial charge in [-0.05, 0) is 24.5 Å². The van der Waals surface area contributed by atoms with E-state index in [-0.39, 0.29) is 17.8 Å².